The minimum atomic E-state index is -4.89. The Kier molecular flexibility index (Phi) is 7.15. The molecule has 0 spiro atoms. The molecular formula is C26H27F3N4O4. The Morgan fingerprint density at radius 1 is 0.946 bits per heavy atom. The van der Waals surface area contributed by atoms with Crippen molar-refractivity contribution in [3.8, 4) is 11.5 Å². The average molecular weight is 517 g/mol. The Morgan fingerprint density at radius 2 is 1.57 bits per heavy atom. The standard InChI is InChI=1S/C26H27F3N4O4/c1-25(2,3)37-24(35)33-15-13-32(14-16-33)19-11-9-18(10-12-19)30-22(34)20-21(26(27,28)29)36-23(31-20)17-7-5-4-6-8-17/h4-12H,13-16H2,1-3H3,(H,30,34). The molecule has 1 saturated heterocycles. The fourth-order valence-corrected chi connectivity index (χ4v) is 3.79. The number of halogens is 3. The first-order chi connectivity index (χ1) is 17.4. The maximum atomic E-state index is 13.5. The lowest BCUT2D eigenvalue weighted by Crippen LogP contribution is -2.50. The van der Waals surface area contributed by atoms with Crippen LogP contribution in [0.1, 0.15) is 37.0 Å². The molecule has 11 heteroatoms. The molecule has 2 amide bonds. The molecule has 1 N–H and O–H groups in total. The number of ether oxygens (including phenoxy) is 1. The van der Waals surface area contributed by atoms with Crippen LogP contribution in [0.25, 0.3) is 11.5 Å². The van der Waals surface area contributed by atoms with Crippen LogP contribution in [-0.4, -0.2) is 53.7 Å². The zero-order valence-electron chi connectivity index (χ0n) is 20.6. The predicted molar refractivity (Wildman–Crippen MR) is 131 cm³/mol. The lowest BCUT2D eigenvalue weighted by Gasteiger charge is -2.36. The molecule has 3 aromatic rings. The van der Waals surface area contributed by atoms with E-state index in [0.29, 0.717) is 37.4 Å². The second-order valence-corrected chi connectivity index (χ2v) is 9.52. The predicted octanol–water partition coefficient (Wildman–Crippen LogP) is 5.67. The third-order valence-corrected chi connectivity index (χ3v) is 5.54. The molecule has 0 unspecified atom stereocenters. The normalized spacial score (nSPS) is 14.4. The molecule has 0 aliphatic carbocycles. The first-order valence-electron chi connectivity index (χ1n) is 11.7. The van der Waals surface area contributed by atoms with Crippen LogP contribution in [0.2, 0.25) is 0 Å². The van der Waals surface area contributed by atoms with Gasteiger partial charge in [0.1, 0.15) is 5.60 Å². The lowest BCUT2D eigenvalue weighted by atomic mass is 10.2. The number of carbonyl (C=O) groups excluding carboxylic acids is 2. The number of nitrogens with one attached hydrogen (secondary N) is 1. The maximum absolute atomic E-state index is 13.5. The number of carbonyl (C=O) groups is 2. The van der Waals surface area contributed by atoms with Gasteiger partial charge >= 0.3 is 12.3 Å². The van der Waals surface area contributed by atoms with E-state index >= 15 is 0 Å². The summed E-state index contributed by atoms with van der Waals surface area (Å²) >= 11 is 0. The van der Waals surface area contributed by atoms with Crippen molar-refractivity contribution in [1.29, 1.82) is 0 Å². The van der Waals surface area contributed by atoms with E-state index in [1.165, 1.54) is 0 Å². The van der Waals surface area contributed by atoms with Crippen LogP contribution >= 0.6 is 0 Å². The number of oxazole rings is 1. The molecule has 8 nitrogen and oxygen atoms in total. The Hall–Kier alpha value is -4.02. The quantitative estimate of drug-likeness (QED) is 0.481. The molecule has 196 valence electrons. The van der Waals surface area contributed by atoms with Gasteiger partial charge < -0.3 is 24.3 Å². The first-order valence-corrected chi connectivity index (χ1v) is 11.7. The molecule has 4 rings (SSSR count). The largest absolute Gasteiger partial charge is 0.452 e. The fourth-order valence-electron chi connectivity index (χ4n) is 3.79. The van der Waals surface area contributed by atoms with Crippen molar-refractivity contribution >= 4 is 23.4 Å². The monoisotopic (exact) mass is 516 g/mol. The third kappa shape index (κ3) is 6.41. The number of rotatable bonds is 4. The van der Waals surface area contributed by atoms with Gasteiger partial charge in [-0.25, -0.2) is 9.78 Å². The second kappa shape index (κ2) is 10.2. The summed E-state index contributed by atoms with van der Waals surface area (Å²) in [7, 11) is 0. The van der Waals surface area contributed by atoms with E-state index in [1.54, 1.807) is 59.5 Å². The Morgan fingerprint density at radius 3 is 2.14 bits per heavy atom. The molecule has 1 aromatic heterocycles. The van der Waals surface area contributed by atoms with Crippen LogP contribution in [0.3, 0.4) is 0 Å². The summed E-state index contributed by atoms with van der Waals surface area (Å²) in [5.74, 6) is -2.78. The van der Waals surface area contributed by atoms with E-state index in [2.05, 4.69) is 15.2 Å². The van der Waals surface area contributed by atoms with Gasteiger partial charge in [0.05, 0.1) is 0 Å². The zero-order valence-corrected chi connectivity index (χ0v) is 20.6. The van der Waals surface area contributed by atoms with E-state index in [4.69, 9.17) is 9.15 Å². The van der Waals surface area contributed by atoms with Gasteiger partial charge in [-0.15, -0.1) is 0 Å². The van der Waals surface area contributed by atoms with E-state index < -0.39 is 29.1 Å². The number of anilines is 2. The topological polar surface area (TPSA) is 87.9 Å². The molecule has 1 aliphatic rings. The molecule has 1 aliphatic heterocycles. The number of benzene rings is 2. The number of hydrogen-bond donors (Lipinski definition) is 1. The van der Waals surface area contributed by atoms with Crippen LogP contribution in [0.15, 0.2) is 59.0 Å². The summed E-state index contributed by atoms with van der Waals surface area (Å²) in [4.78, 5) is 32.5. The van der Waals surface area contributed by atoms with Gasteiger partial charge in [-0.05, 0) is 57.2 Å². The first kappa shape index (κ1) is 26.1. The van der Waals surface area contributed by atoms with E-state index in [9.17, 15) is 22.8 Å². The molecule has 1 fully saturated rings. The highest BCUT2D eigenvalue weighted by Crippen LogP contribution is 2.35. The summed E-state index contributed by atoms with van der Waals surface area (Å²) < 4.78 is 51.0. The fraction of sp³-hybridized carbons (Fsp3) is 0.346. The van der Waals surface area contributed by atoms with Gasteiger partial charge in [0, 0.05) is 43.1 Å². The highest BCUT2D eigenvalue weighted by atomic mass is 19.4. The average Bonchev–Trinajstić information content (AvgIpc) is 3.31. The number of piperazine rings is 1. The lowest BCUT2D eigenvalue weighted by molar-refractivity contribution is -0.153. The van der Waals surface area contributed by atoms with Crippen LogP contribution < -0.4 is 10.2 Å². The Bertz CT molecular complexity index is 1240. The van der Waals surface area contributed by atoms with Crippen LogP contribution in [0, 0.1) is 0 Å². The molecule has 0 radical (unpaired) electrons. The summed E-state index contributed by atoms with van der Waals surface area (Å²) in [5, 5.41) is 2.46. The molecule has 2 heterocycles. The van der Waals surface area contributed by atoms with E-state index in [1.807, 2.05) is 20.8 Å². The van der Waals surface area contributed by atoms with Crippen molar-refractivity contribution in [2.24, 2.45) is 0 Å². The minimum Gasteiger partial charge on any atom is -0.444 e. The number of amides is 2. The smallest absolute Gasteiger partial charge is 0.444 e. The van der Waals surface area contributed by atoms with Crippen molar-refractivity contribution in [1.82, 2.24) is 9.88 Å². The van der Waals surface area contributed by atoms with Crippen molar-refractivity contribution < 1.29 is 31.9 Å². The minimum absolute atomic E-state index is 0.293. The highest BCUT2D eigenvalue weighted by Gasteiger charge is 2.42. The number of hydrogen-bond acceptors (Lipinski definition) is 6. The maximum Gasteiger partial charge on any atom is 0.452 e. The summed E-state index contributed by atoms with van der Waals surface area (Å²) in [5.41, 5.74) is 0.0748. The Labute approximate surface area is 212 Å². The summed E-state index contributed by atoms with van der Waals surface area (Å²) in [6.07, 6.45) is -5.25. The van der Waals surface area contributed by atoms with Gasteiger partial charge in [-0.1, -0.05) is 18.2 Å². The van der Waals surface area contributed by atoms with Gasteiger partial charge in [0.2, 0.25) is 11.7 Å². The van der Waals surface area contributed by atoms with Gasteiger partial charge in [0.15, 0.2) is 5.69 Å². The van der Waals surface area contributed by atoms with Crippen molar-refractivity contribution in [3.63, 3.8) is 0 Å². The number of nitrogens with zero attached hydrogens (tertiary/aromatic N) is 3. The van der Waals surface area contributed by atoms with Crippen molar-refractivity contribution in [3.05, 3.63) is 66.1 Å². The summed E-state index contributed by atoms with van der Waals surface area (Å²) in [6, 6.07) is 14.7. The van der Waals surface area contributed by atoms with Crippen molar-refractivity contribution in [2.45, 2.75) is 32.5 Å². The highest BCUT2D eigenvalue weighted by molar-refractivity contribution is 6.04. The molecule has 0 atom stereocenters. The molecular weight excluding hydrogens is 489 g/mol. The Balaban J connectivity index is 1.42. The van der Waals surface area contributed by atoms with E-state index in [-0.39, 0.29) is 12.0 Å². The van der Waals surface area contributed by atoms with Gasteiger partial charge in [0.25, 0.3) is 5.91 Å². The number of aromatic nitrogens is 1. The molecule has 0 bridgehead atoms. The third-order valence-electron chi connectivity index (χ3n) is 5.54. The van der Waals surface area contributed by atoms with Crippen LogP contribution in [0.5, 0.6) is 0 Å². The SMILES string of the molecule is CC(C)(C)OC(=O)N1CCN(c2ccc(NC(=O)c3nc(-c4ccccc4)oc3C(F)(F)F)cc2)CC1. The zero-order chi connectivity index (χ0) is 26.8. The molecule has 2 aromatic carbocycles. The molecule has 0 saturated carbocycles. The van der Waals surface area contributed by atoms with Crippen LogP contribution in [0.4, 0.5) is 29.3 Å². The van der Waals surface area contributed by atoms with Crippen LogP contribution in [-0.2, 0) is 10.9 Å². The molecule has 37 heavy (non-hydrogen) atoms. The second-order valence-electron chi connectivity index (χ2n) is 9.52. The number of alkyl halides is 3. The van der Waals surface area contributed by atoms with Gasteiger partial charge in [-0.3, -0.25) is 4.79 Å². The van der Waals surface area contributed by atoms with Crippen molar-refractivity contribution in [2.75, 3.05) is 36.4 Å². The van der Waals surface area contributed by atoms with Gasteiger partial charge in [-0.2, -0.15) is 13.2 Å². The van der Waals surface area contributed by atoms with E-state index in [0.717, 1.165) is 5.69 Å². The summed E-state index contributed by atoms with van der Waals surface area (Å²) in [6.45, 7) is 7.60.